The minimum Gasteiger partial charge on any atom is -0.356 e. The molecule has 3 heterocycles. The van der Waals surface area contributed by atoms with Crippen molar-refractivity contribution in [1.82, 2.24) is 24.9 Å². The van der Waals surface area contributed by atoms with E-state index < -0.39 is 0 Å². The predicted octanol–water partition coefficient (Wildman–Crippen LogP) is 2.98. The monoisotopic (exact) mass is 409 g/mol. The van der Waals surface area contributed by atoms with Crippen LogP contribution >= 0.6 is 11.6 Å². The fraction of sp³-hybridized carbons (Fsp3) is 0.810. The van der Waals surface area contributed by atoms with E-state index in [0.29, 0.717) is 12.5 Å². The summed E-state index contributed by atoms with van der Waals surface area (Å²) in [5.41, 5.74) is 2.29. The molecule has 3 rings (SSSR count). The number of hydrogen-bond acceptors (Lipinski definition) is 4. The van der Waals surface area contributed by atoms with Crippen molar-refractivity contribution in [3.63, 3.8) is 0 Å². The number of nitrogens with zero attached hydrogens (tertiary/aromatic N) is 4. The van der Waals surface area contributed by atoms with Crippen LogP contribution in [0.5, 0.6) is 0 Å². The van der Waals surface area contributed by atoms with Gasteiger partial charge in [-0.1, -0.05) is 24.9 Å². The zero-order chi connectivity index (χ0) is 19.9. The average Bonchev–Trinajstić information content (AvgIpc) is 2.96. The number of carbonyl (C=O) groups excluding carboxylic acids is 1. The highest BCUT2D eigenvalue weighted by Crippen LogP contribution is 2.23. The standard InChI is InChI=1S/C21H36ClN5O/c1-3-19-18(21(22)25(2)24-19)16-26-11-7-5-10-23-20(28)15-17-9-4-6-13-27(17)14-8-12-26/h17H,3-16H2,1-2H3,(H,23,28). The van der Waals surface area contributed by atoms with Gasteiger partial charge < -0.3 is 5.32 Å². The Kier molecular flexibility index (Phi) is 8.18. The van der Waals surface area contributed by atoms with Crippen LogP contribution in [-0.2, 0) is 24.8 Å². The van der Waals surface area contributed by atoms with Gasteiger partial charge in [-0.15, -0.1) is 0 Å². The van der Waals surface area contributed by atoms with Crippen LogP contribution in [0.3, 0.4) is 0 Å². The molecule has 0 aromatic carbocycles. The van der Waals surface area contributed by atoms with E-state index in [9.17, 15) is 4.79 Å². The first-order valence-corrected chi connectivity index (χ1v) is 11.4. The fourth-order valence-electron chi connectivity index (χ4n) is 4.59. The molecule has 2 aliphatic rings. The van der Waals surface area contributed by atoms with Crippen LogP contribution in [-0.4, -0.2) is 64.3 Å². The van der Waals surface area contributed by atoms with Gasteiger partial charge in [-0.05, 0) is 64.7 Å². The minimum absolute atomic E-state index is 0.225. The molecule has 1 N–H and O–H groups in total. The van der Waals surface area contributed by atoms with Gasteiger partial charge in [0.05, 0.1) is 5.69 Å². The van der Waals surface area contributed by atoms with Gasteiger partial charge in [-0.3, -0.25) is 19.3 Å². The van der Waals surface area contributed by atoms with Crippen molar-refractivity contribution in [2.24, 2.45) is 7.05 Å². The first-order chi connectivity index (χ1) is 13.6. The molecule has 28 heavy (non-hydrogen) atoms. The molecule has 0 bridgehead atoms. The second-order valence-corrected chi connectivity index (χ2v) is 8.63. The van der Waals surface area contributed by atoms with Gasteiger partial charge in [0.25, 0.3) is 0 Å². The van der Waals surface area contributed by atoms with Crippen molar-refractivity contribution in [3.05, 3.63) is 16.4 Å². The van der Waals surface area contributed by atoms with Crippen molar-refractivity contribution in [2.45, 2.75) is 70.9 Å². The molecule has 1 unspecified atom stereocenters. The van der Waals surface area contributed by atoms with E-state index in [2.05, 4.69) is 27.1 Å². The molecule has 2 aliphatic heterocycles. The topological polar surface area (TPSA) is 53.4 Å². The third-order valence-electron chi connectivity index (χ3n) is 6.18. The molecular weight excluding hydrogens is 374 g/mol. The highest BCUT2D eigenvalue weighted by atomic mass is 35.5. The van der Waals surface area contributed by atoms with E-state index in [1.165, 1.54) is 18.4 Å². The molecular formula is C21H36ClN5O. The van der Waals surface area contributed by atoms with Crippen LogP contribution in [0.1, 0.15) is 63.1 Å². The molecule has 0 aliphatic carbocycles. The van der Waals surface area contributed by atoms with E-state index in [4.69, 9.17) is 11.6 Å². The SMILES string of the molecule is CCc1nn(C)c(Cl)c1CN1CCCCNC(=O)CC2CCCCN2CCC1. The molecule has 158 valence electrons. The molecule has 2 saturated heterocycles. The Morgan fingerprint density at radius 3 is 2.68 bits per heavy atom. The Labute approximate surface area is 174 Å². The van der Waals surface area contributed by atoms with Crippen molar-refractivity contribution < 1.29 is 4.79 Å². The van der Waals surface area contributed by atoms with Crippen LogP contribution < -0.4 is 5.32 Å². The Morgan fingerprint density at radius 2 is 1.86 bits per heavy atom. The molecule has 0 spiro atoms. The molecule has 1 amide bonds. The second-order valence-electron chi connectivity index (χ2n) is 8.27. The number of fused-ring (bicyclic) bond motifs is 1. The minimum atomic E-state index is 0.225. The summed E-state index contributed by atoms with van der Waals surface area (Å²) in [6.07, 6.45) is 8.48. The molecule has 1 aromatic heterocycles. The van der Waals surface area contributed by atoms with Gasteiger partial charge in [0.1, 0.15) is 5.15 Å². The maximum atomic E-state index is 12.3. The van der Waals surface area contributed by atoms with Crippen molar-refractivity contribution >= 4 is 17.5 Å². The van der Waals surface area contributed by atoms with Gasteiger partial charge >= 0.3 is 0 Å². The van der Waals surface area contributed by atoms with Gasteiger partial charge in [0, 0.05) is 38.2 Å². The normalized spacial score (nSPS) is 24.0. The summed E-state index contributed by atoms with van der Waals surface area (Å²) in [4.78, 5) is 17.4. The highest BCUT2D eigenvalue weighted by Gasteiger charge is 2.25. The van der Waals surface area contributed by atoms with Crippen LogP contribution in [0.15, 0.2) is 0 Å². The molecule has 0 saturated carbocycles. The lowest BCUT2D eigenvalue weighted by Crippen LogP contribution is -2.43. The van der Waals surface area contributed by atoms with Crippen LogP contribution in [0, 0.1) is 0 Å². The predicted molar refractivity (Wildman–Crippen MR) is 114 cm³/mol. The quantitative estimate of drug-likeness (QED) is 0.833. The summed E-state index contributed by atoms with van der Waals surface area (Å²) in [5.74, 6) is 0.225. The lowest BCUT2D eigenvalue weighted by Gasteiger charge is -2.35. The van der Waals surface area contributed by atoms with E-state index in [-0.39, 0.29) is 5.91 Å². The molecule has 1 atom stereocenters. The summed E-state index contributed by atoms with van der Waals surface area (Å²) in [6, 6.07) is 0.419. The summed E-state index contributed by atoms with van der Waals surface area (Å²) in [5, 5.41) is 8.47. The third-order valence-corrected chi connectivity index (χ3v) is 6.65. The van der Waals surface area contributed by atoms with Crippen molar-refractivity contribution in [3.8, 4) is 0 Å². The van der Waals surface area contributed by atoms with E-state index in [0.717, 1.165) is 82.2 Å². The van der Waals surface area contributed by atoms with Gasteiger partial charge in [0.15, 0.2) is 0 Å². The van der Waals surface area contributed by atoms with Gasteiger partial charge in [-0.25, -0.2) is 0 Å². The molecule has 1 aromatic rings. The number of aromatic nitrogens is 2. The second kappa shape index (κ2) is 10.6. The van der Waals surface area contributed by atoms with Gasteiger partial charge in [-0.2, -0.15) is 5.10 Å². The summed E-state index contributed by atoms with van der Waals surface area (Å²) >= 11 is 6.54. The van der Waals surface area contributed by atoms with E-state index in [1.807, 2.05) is 7.05 Å². The number of amides is 1. The number of aryl methyl sites for hydroxylation is 2. The Hall–Kier alpha value is -1.11. The first-order valence-electron chi connectivity index (χ1n) is 11.0. The lowest BCUT2D eigenvalue weighted by molar-refractivity contribution is -0.122. The first kappa shape index (κ1) is 21.6. The van der Waals surface area contributed by atoms with Crippen molar-refractivity contribution in [2.75, 3.05) is 32.7 Å². The van der Waals surface area contributed by atoms with E-state index in [1.54, 1.807) is 4.68 Å². The Morgan fingerprint density at radius 1 is 1.11 bits per heavy atom. The van der Waals surface area contributed by atoms with Gasteiger partial charge in [0.2, 0.25) is 5.91 Å². The molecule has 0 radical (unpaired) electrons. The summed E-state index contributed by atoms with van der Waals surface area (Å²) < 4.78 is 1.80. The molecule has 2 fully saturated rings. The van der Waals surface area contributed by atoms with Crippen LogP contribution in [0.2, 0.25) is 5.15 Å². The van der Waals surface area contributed by atoms with Crippen LogP contribution in [0.25, 0.3) is 0 Å². The molecule has 7 heteroatoms. The zero-order valence-corrected chi connectivity index (χ0v) is 18.3. The Bertz CT molecular complexity index is 647. The van der Waals surface area contributed by atoms with Crippen LogP contribution in [0.4, 0.5) is 0 Å². The third kappa shape index (κ3) is 5.71. The number of hydrogen-bond donors (Lipinski definition) is 1. The Balaban J connectivity index is 1.66. The average molecular weight is 410 g/mol. The maximum absolute atomic E-state index is 12.3. The largest absolute Gasteiger partial charge is 0.356 e. The zero-order valence-electron chi connectivity index (χ0n) is 17.6. The molecule has 6 nitrogen and oxygen atoms in total. The number of piperidine rings is 1. The van der Waals surface area contributed by atoms with Crippen molar-refractivity contribution in [1.29, 1.82) is 0 Å². The lowest BCUT2D eigenvalue weighted by atomic mass is 9.98. The number of halogens is 1. The number of nitrogens with one attached hydrogen (secondary N) is 1. The fourth-order valence-corrected chi connectivity index (χ4v) is 4.80. The highest BCUT2D eigenvalue weighted by molar-refractivity contribution is 6.30. The number of rotatable bonds is 3. The smallest absolute Gasteiger partial charge is 0.221 e. The summed E-state index contributed by atoms with van der Waals surface area (Å²) in [7, 11) is 1.92. The maximum Gasteiger partial charge on any atom is 0.221 e. The summed E-state index contributed by atoms with van der Waals surface area (Å²) in [6.45, 7) is 8.11. The number of carbonyl (C=O) groups is 1. The van der Waals surface area contributed by atoms with E-state index >= 15 is 0 Å².